The average molecular weight is 316 g/mol. The summed E-state index contributed by atoms with van der Waals surface area (Å²) in [4.78, 5) is 11.6. The van der Waals surface area contributed by atoms with Crippen LogP contribution >= 0.6 is 15.9 Å². The average Bonchev–Trinajstić information content (AvgIpc) is 3.03. The van der Waals surface area contributed by atoms with Gasteiger partial charge in [-0.05, 0) is 28.1 Å². The number of carbonyl (C=O) groups excluding carboxylic acids is 1. The highest BCUT2D eigenvalue weighted by molar-refractivity contribution is 9.10. The summed E-state index contributed by atoms with van der Waals surface area (Å²) in [5, 5.41) is 9.05. The minimum Gasteiger partial charge on any atom is -0.465 e. The molecule has 1 aliphatic carbocycles. The maximum atomic E-state index is 14.1. The molecule has 0 heterocycles. The van der Waals surface area contributed by atoms with Crippen molar-refractivity contribution in [2.45, 2.75) is 18.0 Å². The Bertz CT molecular complexity index is 570. The van der Waals surface area contributed by atoms with Crippen LogP contribution in [-0.4, -0.2) is 19.3 Å². The fourth-order valence-electron chi connectivity index (χ4n) is 1.92. The second-order valence-corrected chi connectivity index (χ2v) is 4.88. The molecule has 0 N–H and O–H groups in total. The van der Waals surface area contributed by atoms with Gasteiger partial charge in [0.25, 0.3) is 0 Å². The number of nitrogens with zero attached hydrogens (tertiary/aromatic N) is 1. The number of esters is 1. The number of ether oxygens (including phenoxy) is 1. The van der Waals surface area contributed by atoms with Crippen LogP contribution < -0.4 is 0 Å². The number of hydrogen-bond acceptors (Lipinski definition) is 3. The summed E-state index contributed by atoms with van der Waals surface area (Å²) in [6.07, 6.45) is -1.57. The van der Waals surface area contributed by atoms with Crippen molar-refractivity contribution < 1.29 is 18.3 Å². The minimum absolute atomic E-state index is 0.0823. The third-order valence-corrected chi connectivity index (χ3v) is 3.63. The van der Waals surface area contributed by atoms with Crippen LogP contribution in [0, 0.1) is 17.1 Å². The van der Waals surface area contributed by atoms with Crippen LogP contribution in [0.15, 0.2) is 16.6 Å². The molecule has 0 saturated heterocycles. The number of carbonyl (C=O) groups is 1. The topological polar surface area (TPSA) is 50.1 Å². The molecule has 0 unspecified atom stereocenters. The zero-order valence-electron chi connectivity index (χ0n) is 9.34. The van der Waals surface area contributed by atoms with Crippen molar-refractivity contribution >= 4 is 21.9 Å². The normalized spacial score (nSPS) is 25.4. The smallest absolute Gasteiger partial charge is 0.338 e. The van der Waals surface area contributed by atoms with E-state index < -0.39 is 23.4 Å². The highest BCUT2D eigenvalue weighted by Crippen LogP contribution is 2.53. The summed E-state index contributed by atoms with van der Waals surface area (Å²) in [6, 6.07) is 4.41. The molecular weight excluding hydrogens is 308 g/mol. The van der Waals surface area contributed by atoms with Crippen LogP contribution in [0.3, 0.4) is 0 Å². The van der Waals surface area contributed by atoms with Crippen molar-refractivity contribution in [3.05, 3.63) is 33.5 Å². The molecule has 94 valence electrons. The number of benzene rings is 1. The summed E-state index contributed by atoms with van der Waals surface area (Å²) < 4.78 is 32.1. The van der Waals surface area contributed by atoms with Gasteiger partial charge in [-0.15, -0.1) is 0 Å². The monoisotopic (exact) mass is 315 g/mol. The quantitative estimate of drug-likeness (QED) is 0.788. The Labute approximate surface area is 110 Å². The van der Waals surface area contributed by atoms with Gasteiger partial charge in [0.05, 0.1) is 23.2 Å². The second-order valence-electron chi connectivity index (χ2n) is 4.03. The van der Waals surface area contributed by atoms with Crippen LogP contribution in [0.4, 0.5) is 8.78 Å². The molecule has 3 nitrogen and oxygen atoms in total. The van der Waals surface area contributed by atoms with Gasteiger partial charge < -0.3 is 4.74 Å². The predicted octanol–water partition coefficient (Wildman–Crippen LogP) is 2.88. The van der Waals surface area contributed by atoms with Gasteiger partial charge in [0.1, 0.15) is 17.4 Å². The van der Waals surface area contributed by atoms with Gasteiger partial charge in [0.15, 0.2) is 0 Å². The molecule has 0 aromatic heterocycles. The third-order valence-electron chi connectivity index (χ3n) is 3.02. The van der Waals surface area contributed by atoms with Gasteiger partial charge >= 0.3 is 5.97 Å². The second kappa shape index (κ2) is 4.32. The summed E-state index contributed by atoms with van der Waals surface area (Å²) in [7, 11) is 1.14. The first-order valence-electron chi connectivity index (χ1n) is 5.10. The molecule has 2 atom stereocenters. The van der Waals surface area contributed by atoms with Gasteiger partial charge in [-0.25, -0.2) is 13.6 Å². The highest BCUT2D eigenvalue weighted by atomic mass is 79.9. The molecule has 6 heteroatoms. The number of halogens is 3. The number of alkyl halides is 1. The Balaban J connectivity index is 2.68. The van der Waals surface area contributed by atoms with Crippen molar-refractivity contribution in [3.8, 4) is 6.07 Å². The van der Waals surface area contributed by atoms with E-state index in [-0.39, 0.29) is 22.0 Å². The van der Waals surface area contributed by atoms with E-state index in [0.29, 0.717) is 0 Å². The summed E-state index contributed by atoms with van der Waals surface area (Å²) in [5.41, 5.74) is -1.91. The Kier molecular flexibility index (Phi) is 3.11. The van der Waals surface area contributed by atoms with Gasteiger partial charge in [-0.3, -0.25) is 0 Å². The molecule has 0 radical (unpaired) electrons. The lowest BCUT2D eigenvalue weighted by atomic mass is 9.91. The van der Waals surface area contributed by atoms with Crippen LogP contribution in [0.1, 0.15) is 22.3 Å². The van der Waals surface area contributed by atoms with Gasteiger partial charge in [-0.2, -0.15) is 5.26 Å². The molecule has 0 bridgehead atoms. The maximum absolute atomic E-state index is 14.1. The molecule has 0 aliphatic heterocycles. The fraction of sp³-hybridized carbons (Fsp3) is 0.333. The maximum Gasteiger partial charge on any atom is 0.338 e. The van der Waals surface area contributed by atoms with Crippen molar-refractivity contribution in [2.24, 2.45) is 0 Å². The van der Waals surface area contributed by atoms with E-state index in [1.165, 1.54) is 12.1 Å². The van der Waals surface area contributed by atoms with Crippen LogP contribution in [0.5, 0.6) is 0 Å². The molecule has 1 saturated carbocycles. The standard InChI is InChI=1S/C12H8BrF2NO2/c1-18-11(17)6-2-3-7(13)10(15)9(6)12(5-16)4-8(12)14/h2-3,8H,4H2,1H3/t8-,12-/m1/s1. The van der Waals surface area contributed by atoms with E-state index in [1.54, 1.807) is 6.07 Å². The van der Waals surface area contributed by atoms with E-state index in [2.05, 4.69) is 20.7 Å². The summed E-state index contributed by atoms with van der Waals surface area (Å²) >= 11 is 2.96. The Hall–Kier alpha value is -1.48. The first-order valence-corrected chi connectivity index (χ1v) is 5.89. The van der Waals surface area contributed by atoms with Crippen molar-refractivity contribution in [2.75, 3.05) is 7.11 Å². The van der Waals surface area contributed by atoms with E-state index in [1.807, 2.05) is 0 Å². The van der Waals surface area contributed by atoms with Gasteiger partial charge in [0.2, 0.25) is 0 Å². The van der Waals surface area contributed by atoms with Crippen molar-refractivity contribution in [3.63, 3.8) is 0 Å². The largest absolute Gasteiger partial charge is 0.465 e. The molecular formula is C12H8BrF2NO2. The van der Waals surface area contributed by atoms with Crippen LogP contribution in [0.25, 0.3) is 0 Å². The third kappa shape index (κ3) is 1.70. The van der Waals surface area contributed by atoms with Crippen molar-refractivity contribution in [1.29, 1.82) is 5.26 Å². The molecule has 0 spiro atoms. The number of nitriles is 1. The lowest BCUT2D eigenvalue weighted by Gasteiger charge is -2.13. The van der Waals surface area contributed by atoms with Gasteiger partial charge in [-0.1, -0.05) is 0 Å². The first-order chi connectivity index (χ1) is 8.47. The number of hydrogen-bond donors (Lipinski definition) is 0. The zero-order valence-corrected chi connectivity index (χ0v) is 10.9. The number of methoxy groups -OCH3 is 1. The Morgan fingerprint density at radius 1 is 1.67 bits per heavy atom. The number of rotatable bonds is 2. The molecule has 0 amide bonds. The lowest BCUT2D eigenvalue weighted by Crippen LogP contribution is -2.18. The molecule has 1 aromatic carbocycles. The minimum atomic E-state index is -1.57. The molecule has 2 rings (SSSR count). The van der Waals surface area contributed by atoms with Crippen molar-refractivity contribution in [1.82, 2.24) is 0 Å². The Morgan fingerprint density at radius 3 is 2.72 bits per heavy atom. The Morgan fingerprint density at radius 2 is 2.28 bits per heavy atom. The molecule has 1 aliphatic rings. The predicted molar refractivity (Wildman–Crippen MR) is 62.2 cm³/mol. The van der Waals surface area contributed by atoms with Gasteiger partial charge in [0, 0.05) is 12.0 Å². The molecule has 18 heavy (non-hydrogen) atoms. The van der Waals surface area contributed by atoms with Crippen LogP contribution in [0.2, 0.25) is 0 Å². The van der Waals surface area contributed by atoms with E-state index >= 15 is 0 Å². The SMILES string of the molecule is COC(=O)c1ccc(Br)c(F)c1[C@@]1(C#N)C[C@H]1F. The first kappa shape index (κ1) is 13.0. The summed E-state index contributed by atoms with van der Waals surface area (Å²) in [6.45, 7) is 0. The fourth-order valence-corrected chi connectivity index (χ4v) is 2.25. The lowest BCUT2D eigenvalue weighted by molar-refractivity contribution is 0.0598. The van der Waals surface area contributed by atoms with E-state index in [0.717, 1.165) is 7.11 Å². The zero-order chi connectivity index (χ0) is 13.5. The molecule has 1 aromatic rings. The highest BCUT2D eigenvalue weighted by Gasteiger charge is 2.60. The summed E-state index contributed by atoms with van der Waals surface area (Å²) in [5.74, 6) is -1.58. The van der Waals surface area contributed by atoms with E-state index in [9.17, 15) is 13.6 Å². The van der Waals surface area contributed by atoms with Crippen LogP contribution in [-0.2, 0) is 10.2 Å². The molecule has 1 fully saturated rings. The van der Waals surface area contributed by atoms with E-state index in [4.69, 9.17) is 5.26 Å².